The van der Waals surface area contributed by atoms with Gasteiger partial charge in [-0.3, -0.25) is 4.68 Å². The fourth-order valence-electron chi connectivity index (χ4n) is 5.76. The van der Waals surface area contributed by atoms with Crippen LogP contribution in [0.5, 0.6) is 5.75 Å². The molecule has 0 unspecified atom stereocenters. The zero-order valence-electron chi connectivity index (χ0n) is 22.2. The van der Waals surface area contributed by atoms with Crippen LogP contribution in [0.2, 0.25) is 5.02 Å². The van der Waals surface area contributed by atoms with Crippen LogP contribution in [-0.2, 0) is 12.1 Å². The maximum absolute atomic E-state index is 6.65. The molecule has 2 aliphatic heterocycles. The van der Waals surface area contributed by atoms with E-state index in [1.54, 1.807) is 6.20 Å². The summed E-state index contributed by atoms with van der Waals surface area (Å²) in [6.45, 7) is 0.778. The smallest absolute Gasteiger partial charge is 0.210 e. The topological polar surface area (TPSA) is 54.7 Å². The Hall–Kier alpha value is -4.04. The van der Waals surface area contributed by atoms with Gasteiger partial charge in [0.25, 0.3) is 0 Å². The van der Waals surface area contributed by atoms with Crippen molar-refractivity contribution in [3.8, 4) is 5.75 Å². The molecule has 1 aromatic heterocycles. The molecular formula is C33H24BrCl2N5O. The third kappa shape index (κ3) is 4.49. The fourth-order valence-corrected chi connectivity index (χ4v) is 6.58. The van der Waals surface area contributed by atoms with E-state index < -0.39 is 5.54 Å². The lowest BCUT2D eigenvalue weighted by molar-refractivity contribution is 0.437. The third-order valence-electron chi connectivity index (χ3n) is 7.52. The van der Waals surface area contributed by atoms with Gasteiger partial charge in [-0.15, -0.1) is 0 Å². The maximum atomic E-state index is 6.65. The largest absolute Gasteiger partial charge is 0.443 e. The lowest BCUT2D eigenvalue weighted by atomic mass is 9.77. The fraction of sp³-hybridized carbons (Fsp3) is 0.0909. The normalized spacial score (nSPS) is 14.2. The molecule has 0 spiro atoms. The summed E-state index contributed by atoms with van der Waals surface area (Å²) in [4.78, 5) is 6.75. The molecule has 6 nitrogen and oxygen atoms in total. The standard InChI is InChI=1S/C33H24BrCl2N5O/c34-26-18-27-29-31(30(26)36)37-21-38-32(29)40(20-28(35)42-27)19-25-16-17-41(39-25)33(22-10-4-1-5-11-22,23-12-6-2-7-13-23)24-14-8-3-9-15-24/h1-18,20,37H,19,21H2. The number of nitrogens with one attached hydrogen (secondary N) is 1. The Kier molecular flexibility index (Phi) is 7.02. The van der Waals surface area contributed by atoms with Crippen LogP contribution in [0.4, 0.5) is 5.69 Å². The summed E-state index contributed by atoms with van der Waals surface area (Å²) in [5.74, 6) is 1.27. The van der Waals surface area contributed by atoms with Gasteiger partial charge in [-0.2, -0.15) is 5.10 Å². The van der Waals surface area contributed by atoms with Crippen molar-refractivity contribution in [2.24, 2.45) is 4.99 Å². The Morgan fingerprint density at radius 3 is 2.05 bits per heavy atom. The average molecular weight is 657 g/mol. The van der Waals surface area contributed by atoms with Crippen LogP contribution in [0.25, 0.3) is 0 Å². The highest BCUT2D eigenvalue weighted by Gasteiger charge is 2.39. The van der Waals surface area contributed by atoms with Gasteiger partial charge in [0.1, 0.15) is 23.8 Å². The van der Waals surface area contributed by atoms with E-state index in [-0.39, 0.29) is 5.22 Å². The Bertz CT molecular complexity index is 1730. The minimum Gasteiger partial charge on any atom is -0.443 e. The number of nitrogens with zero attached hydrogens (tertiary/aromatic N) is 4. The second kappa shape index (κ2) is 11.0. The molecule has 0 fully saturated rings. The number of halogens is 3. The summed E-state index contributed by atoms with van der Waals surface area (Å²) < 4.78 is 8.76. The minimum atomic E-state index is -0.705. The first-order valence-corrected chi connectivity index (χ1v) is 14.9. The third-order valence-corrected chi connectivity index (χ3v) is 8.94. The van der Waals surface area contributed by atoms with Crippen LogP contribution < -0.4 is 10.1 Å². The molecule has 42 heavy (non-hydrogen) atoms. The molecule has 0 saturated carbocycles. The molecule has 4 aromatic carbocycles. The summed E-state index contributed by atoms with van der Waals surface area (Å²) in [7, 11) is 0. The van der Waals surface area contributed by atoms with Crippen LogP contribution in [0.1, 0.15) is 27.9 Å². The van der Waals surface area contributed by atoms with Gasteiger partial charge < -0.3 is 15.0 Å². The molecule has 0 radical (unpaired) electrons. The predicted octanol–water partition coefficient (Wildman–Crippen LogP) is 8.20. The van der Waals surface area contributed by atoms with Crippen LogP contribution in [0, 0.1) is 0 Å². The van der Waals surface area contributed by atoms with Crippen LogP contribution >= 0.6 is 39.1 Å². The lowest BCUT2D eigenvalue weighted by Crippen LogP contribution is -2.38. The Morgan fingerprint density at radius 2 is 1.45 bits per heavy atom. The van der Waals surface area contributed by atoms with Crippen molar-refractivity contribution in [2.75, 3.05) is 12.0 Å². The molecule has 5 aromatic rings. The van der Waals surface area contributed by atoms with Crippen LogP contribution in [0.15, 0.2) is 130 Å². The van der Waals surface area contributed by atoms with Gasteiger partial charge in [0.15, 0.2) is 0 Å². The number of anilines is 1. The lowest BCUT2D eigenvalue weighted by Gasteiger charge is -2.36. The summed E-state index contributed by atoms with van der Waals surface area (Å²) >= 11 is 16.7. The molecule has 7 rings (SSSR count). The summed E-state index contributed by atoms with van der Waals surface area (Å²) in [6.07, 6.45) is 3.79. The van der Waals surface area contributed by atoms with Crippen molar-refractivity contribution in [1.29, 1.82) is 0 Å². The van der Waals surface area contributed by atoms with Crippen molar-refractivity contribution in [1.82, 2.24) is 14.7 Å². The van der Waals surface area contributed by atoms with Gasteiger partial charge in [-0.25, -0.2) is 4.99 Å². The van der Waals surface area contributed by atoms with Gasteiger partial charge in [0.2, 0.25) is 5.22 Å². The van der Waals surface area contributed by atoms with Crippen molar-refractivity contribution >= 4 is 50.7 Å². The predicted molar refractivity (Wildman–Crippen MR) is 171 cm³/mol. The Morgan fingerprint density at radius 1 is 0.857 bits per heavy atom. The molecule has 0 atom stereocenters. The van der Waals surface area contributed by atoms with E-state index in [9.17, 15) is 0 Å². The number of aromatic nitrogens is 2. The number of benzene rings is 4. The monoisotopic (exact) mass is 655 g/mol. The average Bonchev–Trinajstić information content (AvgIpc) is 3.44. The molecule has 9 heteroatoms. The van der Waals surface area contributed by atoms with E-state index in [0.29, 0.717) is 34.3 Å². The van der Waals surface area contributed by atoms with Crippen LogP contribution in [0.3, 0.4) is 0 Å². The van der Waals surface area contributed by atoms with E-state index >= 15 is 0 Å². The zero-order valence-corrected chi connectivity index (χ0v) is 25.3. The van der Waals surface area contributed by atoms with E-state index in [1.807, 2.05) is 41.4 Å². The molecule has 3 heterocycles. The number of hydrogen-bond acceptors (Lipinski definition) is 5. The van der Waals surface area contributed by atoms with E-state index in [4.69, 9.17) is 38.0 Å². The first-order valence-electron chi connectivity index (χ1n) is 13.4. The minimum absolute atomic E-state index is 0.218. The first kappa shape index (κ1) is 26.8. The molecule has 2 aliphatic rings. The number of hydrogen-bond donors (Lipinski definition) is 1. The Balaban J connectivity index is 1.35. The number of aliphatic imine (C=N–C) groups is 1. The van der Waals surface area contributed by atoms with Gasteiger partial charge in [0.05, 0.1) is 34.7 Å². The molecule has 0 amide bonds. The quantitative estimate of drug-likeness (QED) is 0.187. The molecule has 1 N–H and O–H groups in total. The van der Waals surface area contributed by atoms with Crippen molar-refractivity contribution in [2.45, 2.75) is 12.1 Å². The molecular weight excluding hydrogens is 633 g/mol. The summed E-state index contributed by atoms with van der Waals surface area (Å²) in [6, 6.07) is 35.3. The van der Waals surface area contributed by atoms with E-state index in [1.165, 1.54) is 0 Å². The highest BCUT2D eigenvalue weighted by atomic mass is 79.9. The van der Waals surface area contributed by atoms with Gasteiger partial charge >= 0.3 is 0 Å². The van der Waals surface area contributed by atoms with Crippen molar-refractivity contribution < 1.29 is 4.74 Å². The number of ether oxygens (including phenoxy) is 1. The van der Waals surface area contributed by atoms with Gasteiger partial charge in [-0.1, -0.05) is 103 Å². The highest BCUT2D eigenvalue weighted by molar-refractivity contribution is 9.10. The molecule has 0 saturated heterocycles. The van der Waals surface area contributed by atoms with Crippen LogP contribution in [-0.4, -0.2) is 27.2 Å². The summed E-state index contributed by atoms with van der Waals surface area (Å²) in [5, 5.41) is 9.27. The summed E-state index contributed by atoms with van der Waals surface area (Å²) in [5.41, 5.74) is 4.94. The highest BCUT2D eigenvalue weighted by Crippen LogP contribution is 2.44. The van der Waals surface area contributed by atoms with E-state index in [2.05, 4.69) is 98.7 Å². The van der Waals surface area contributed by atoms with Gasteiger partial charge in [0, 0.05) is 10.7 Å². The SMILES string of the molecule is ClC1=CN(Cc2ccn(C(c3ccccc3)(c3ccccc3)c3ccccc3)n2)C2=NCNc3c(Cl)c(Br)cc(c32)O1. The molecule has 0 bridgehead atoms. The van der Waals surface area contributed by atoms with Crippen molar-refractivity contribution in [3.63, 3.8) is 0 Å². The first-order chi connectivity index (χ1) is 20.6. The second-order valence-electron chi connectivity index (χ2n) is 9.96. The van der Waals surface area contributed by atoms with Crippen molar-refractivity contribution in [3.05, 3.63) is 158 Å². The second-order valence-corrected chi connectivity index (χ2v) is 11.6. The molecule has 0 aliphatic carbocycles. The Labute approximate surface area is 262 Å². The number of rotatable bonds is 6. The van der Waals surface area contributed by atoms with Gasteiger partial charge in [-0.05, 0) is 56.4 Å². The zero-order chi connectivity index (χ0) is 28.7. The number of amidine groups is 1. The van der Waals surface area contributed by atoms with E-state index in [0.717, 1.165) is 33.6 Å². The molecule has 208 valence electrons. The maximum Gasteiger partial charge on any atom is 0.210 e.